The highest BCUT2D eigenvalue weighted by atomic mass is 19.1. The van der Waals surface area contributed by atoms with Gasteiger partial charge < -0.3 is 4.90 Å². The number of nitrogens with zero attached hydrogens (tertiary/aromatic N) is 2. The molecule has 0 saturated heterocycles. The molecule has 0 radical (unpaired) electrons. The molecule has 0 fully saturated rings. The van der Waals surface area contributed by atoms with E-state index in [-0.39, 0.29) is 5.82 Å². The average molecular weight is 240 g/mol. The lowest BCUT2D eigenvalue weighted by atomic mass is 10.2. The Labute approximate surface area is 106 Å². The van der Waals surface area contributed by atoms with Gasteiger partial charge in [0.2, 0.25) is 0 Å². The maximum Gasteiger partial charge on any atom is 0.125 e. The van der Waals surface area contributed by atoms with Gasteiger partial charge in [-0.2, -0.15) is 5.26 Å². The molecule has 3 heteroatoms. The van der Waals surface area contributed by atoms with Crippen molar-refractivity contribution in [3.8, 4) is 6.07 Å². The minimum Gasteiger partial charge on any atom is -0.342 e. The zero-order valence-electron chi connectivity index (χ0n) is 10.1. The van der Waals surface area contributed by atoms with E-state index in [0.29, 0.717) is 5.56 Å². The highest BCUT2D eigenvalue weighted by molar-refractivity contribution is 5.63. The van der Waals surface area contributed by atoms with E-state index < -0.39 is 0 Å². The van der Waals surface area contributed by atoms with Gasteiger partial charge in [-0.25, -0.2) is 4.39 Å². The van der Waals surface area contributed by atoms with E-state index in [1.807, 2.05) is 30.0 Å². The zero-order valence-corrected chi connectivity index (χ0v) is 10.1. The quantitative estimate of drug-likeness (QED) is 0.814. The van der Waals surface area contributed by atoms with Crippen molar-refractivity contribution in [1.29, 1.82) is 5.26 Å². The molecular weight excluding hydrogens is 227 g/mol. The van der Waals surface area contributed by atoms with Gasteiger partial charge in [0.1, 0.15) is 5.82 Å². The Kier molecular flexibility index (Phi) is 3.59. The van der Waals surface area contributed by atoms with Gasteiger partial charge in [-0.05, 0) is 49.4 Å². The van der Waals surface area contributed by atoms with Crippen LogP contribution in [0, 0.1) is 17.1 Å². The summed E-state index contributed by atoms with van der Waals surface area (Å²) in [5.41, 5.74) is 2.37. The molecule has 0 saturated carbocycles. The molecule has 90 valence electrons. The first-order valence-electron chi connectivity index (χ1n) is 5.78. The Balaban J connectivity index is 2.36. The first kappa shape index (κ1) is 12.1. The minimum atomic E-state index is -0.250. The summed E-state index contributed by atoms with van der Waals surface area (Å²) < 4.78 is 13.2. The standard InChI is InChI=1S/C15H13FN2/c1-2-18(15-5-3-4-13(16)10-15)14-8-6-12(11-17)7-9-14/h3-10H,2H2,1H3. The number of rotatable bonds is 3. The van der Waals surface area contributed by atoms with Crippen LogP contribution in [0.25, 0.3) is 0 Å². The third-order valence-electron chi connectivity index (χ3n) is 2.74. The van der Waals surface area contributed by atoms with Gasteiger partial charge in [-0.15, -0.1) is 0 Å². The molecule has 0 heterocycles. The molecule has 2 rings (SSSR count). The Morgan fingerprint density at radius 3 is 2.39 bits per heavy atom. The second kappa shape index (κ2) is 5.33. The van der Waals surface area contributed by atoms with Crippen molar-refractivity contribution in [1.82, 2.24) is 0 Å². The number of anilines is 2. The summed E-state index contributed by atoms with van der Waals surface area (Å²) in [6.07, 6.45) is 0. The summed E-state index contributed by atoms with van der Waals surface area (Å²) in [5.74, 6) is -0.250. The Morgan fingerprint density at radius 2 is 1.83 bits per heavy atom. The van der Waals surface area contributed by atoms with Crippen LogP contribution < -0.4 is 4.90 Å². The van der Waals surface area contributed by atoms with Crippen molar-refractivity contribution in [2.45, 2.75) is 6.92 Å². The van der Waals surface area contributed by atoms with Crippen LogP contribution in [0.15, 0.2) is 48.5 Å². The number of benzene rings is 2. The fraction of sp³-hybridized carbons (Fsp3) is 0.133. The van der Waals surface area contributed by atoms with E-state index >= 15 is 0 Å². The molecule has 2 nitrogen and oxygen atoms in total. The van der Waals surface area contributed by atoms with E-state index in [4.69, 9.17) is 5.26 Å². The third-order valence-corrected chi connectivity index (χ3v) is 2.74. The SMILES string of the molecule is CCN(c1ccc(C#N)cc1)c1cccc(F)c1. The Bertz CT molecular complexity index is 570. The third kappa shape index (κ3) is 2.49. The lowest BCUT2D eigenvalue weighted by Gasteiger charge is -2.23. The van der Waals surface area contributed by atoms with Crippen LogP contribution in [0.2, 0.25) is 0 Å². The summed E-state index contributed by atoms with van der Waals surface area (Å²) in [5, 5.41) is 8.76. The van der Waals surface area contributed by atoms with Crippen molar-refractivity contribution in [2.75, 3.05) is 11.4 Å². The van der Waals surface area contributed by atoms with Crippen LogP contribution in [0.4, 0.5) is 15.8 Å². The van der Waals surface area contributed by atoms with Crippen molar-refractivity contribution in [3.05, 3.63) is 59.9 Å². The topological polar surface area (TPSA) is 27.0 Å². The maximum atomic E-state index is 13.2. The summed E-state index contributed by atoms with van der Waals surface area (Å²) in [7, 11) is 0. The van der Waals surface area contributed by atoms with E-state index in [1.54, 1.807) is 18.2 Å². The van der Waals surface area contributed by atoms with Crippen LogP contribution in [0.1, 0.15) is 12.5 Å². The summed E-state index contributed by atoms with van der Waals surface area (Å²) >= 11 is 0. The van der Waals surface area contributed by atoms with Crippen LogP contribution in [0.3, 0.4) is 0 Å². The van der Waals surface area contributed by atoms with Crippen LogP contribution in [0.5, 0.6) is 0 Å². The van der Waals surface area contributed by atoms with Gasteiger partial charge in [0.05, 0.1) is 11.6 Å². The summed E-state index contributed by atoms with van der Waals surface area (Å²) in [6.45, 7) is 2.73. The first-order chi connectivity index (χ1) is 8.74. The Morgan fingerprint density at radius 1 is 1.11 bits per heavy atom. The van der Waals surface area contributed by atoms with Crippen molar-refractivity contribution >= 4 is 11.4 Å². The second-order valence-electron chi connectivity index (χ2n) is 3.88. The number of nitriles is 1. The van der Waals surface area contributed by atoms with Crippen LogP contribution >= 0.6 is 0 Å². The van der Waals surface area contributed by atoms with Gasteiger partial charge in [0.15, 0.2) is 0 Å². The van der Waals surface area contributed by atoms with Crippen molar-refractivity contribution < 1.29 is 4.39 Å². The predicted octanol–water partition coefficient (Wildman–Crippen LogP) is 3.86. The molecule has 0 spiro atoms. The average Bonchev–Trinajstić information content (AvgIpc) is 2.40. The molecule has 0 unspecified atom stereocenters. The molecule has 0 aliphatic carbocycles. The van der Waals surface area contributed by atoms with Gasteiger partial charge >= 0.3 is 0 Å². The lowest BCUT2D eigenvalue weighted by molar-refractivity contribution is 0.627. The van der Waals surface area contributed by atoms with Crippen molar-refractivity contribution in [3.63, 3.8) is 0 Å². The fourth-order valence-corrected chi connectivity index (χ4v) is 1.87. The van der Waals surface area contributed by atoms with Crippen LogP contribution in [-0.4, -0.2) is 6.54 Å². The number of halogens is 1. The molecule has 18 heavy (non-hydrogen) atoms. The van der Waals surface area contributed by atoms with Gasteiger partial charge in [-0.3, -0.25) is 0 Å². The van der Waals surface area contributed by atoms with Gasteiger partial charge in [-0.1, -0.05) is 6.07 Å². The molecule has 2 aromatic rings. The summed E-state index contributed by atoms with van der Waals surface area (Å²) in [6, 6.07) is 15.8. The zero-order chi connectivity index (χ0) is 13.0. The maximum absolute atomic E-state index is 13.2. The number of hydrogen-bond donors (Lipinski definition) is 0. The molecule has 0 aliphatic heterocycles. The van der Waals surface area contributed by atoms with E-state index in [0.717, 1.165) is 17.9 Å². The predicted molar refractivity (Wildman–Crippen MR) is 70.2 cm³/mol. The molecule has 0 bridgehead atoms. The summed E-state index contributed by atoms with van der Waals surface area (Å²) in [4.78, 5) is 1.99. The molecular formula is C15H13FN2. The second-order valence-corrected chi connectivity index (χ2v) is 3.88. The number of hydrogen-bond acceptors (Lipinski definition) is 2. The lowest BCUT2D eigenvalue weighted by Crippen LogP contribution is -2.15. The smallest absolute Gasteiger partial charge is 0.125 e. The fourth-order valence-electron chi connectivity index (χ4n) is 1.87. The van der Waals surface area contributed by atoms with Gasteiger partial charge in [0.25, 0.3) is 0 Å². The van der Waals surface area contributed by atoms with E-state index in [2.05, 4.69) is 6.07 Å². The van der Waals surface area contributed by atoms with E-state index in [1.165, 1.54) is 12.1 Å². The largest absolute Gasteiger partial charge is 0.342 e. The normalized spacial score (nSPS) is 9.83. The minimum absolute atomic E-state index is 0.250. The Hall–Kier alpha value is -2.34. The van der Waals surface area contributed by atoms with E-state index in [9.17, 15) is 4.39 Å². The molecule has 0 aliphatic rings. The van der Waals surface area contributed by atoms with Crippen molar-refractivity contribution in [2.24, 2.45) is 0 Å². The molecule has 2 aromatic carbocycles. The monoisotopic (exact) mass is 240 g/mol. The molecule has 0 N–H and O–H groups in total. The first-order valence-corrected chi connectivity index (χ1v) is 5.78. The highest BCUT2D eigenvalue weighted by Crippen LogP contribution is 2.25. The highest BCUT2D eigenvalue weighted by Gasteiger charge is 2.07. The van der Waals surface area contributed by atoms with Gasteiger partial charge in [0, 0.05) is 17.9 Å². The molecule has 0 amide bonds. The molecule has 0 atom stereocenters. The van der Waals surface area contributed by atoms with Crippen LogP contribution in [-0.2, 0) is 0 Å². The molecule has 0 aromatic heterocycles.